The van der Waals surface area contributed by atoms with Gasteiger partial charge in [-0.1, -0.05) is 0 Å². The Morgan fingerprint density at radius 1 is 1.11 bits per heavy atom. The number of rotatable bonds is 1. The highest BCUT2D eigenvalue weighted by Gasteiger charge is 2.07. The summed E-state index contributed by atoms with van der Waals surface area (Å²) in [7, 11) is 1.63. The molecule has 0 aliphatic heterocycles. The van der Waals surface area contributed by atoms with Crippen molar-refractivity contribution in [3.63, 3.8) is 0 Å². The first-order valence-corrected chi connectivity index (χ1v) is 5.56. The second-order valence-electron chi connectivity index (χ2n) is 4.07. The van der Waals surface area contributed by atoms with Gasteiger partial charge in [0, 0.05) is 11.5 Å². The van der Waals surface area contributed by atoms with Crippen molar-refractivity contribution in [2.45, 2.75) is 6.92 Å². The van der Waals surface area contributed by atoms with Crippen molar-refractivity contribution in [3.8, 4) is 5.75 Å². The molecule has 1 aromatic carbocycles. The van der Waals surface area contributed by atoms with E-state index in [-0.39, 0.29) is 0 Å². The standard InChI is InChI=1S/C13H12N4O/c1-7-15-12(14)10-5-8-3-4-9(18-2)6-11(8)17-13(10)16-7/h3-6H,1-2H3,(H2,14,15,16,17). The van der Waals surface area contributed by atoms with E-state index < -0.39 is 0 Å². The highest BCUT2D eigenvalue weighted by Crippen LogP contribution is 2.24. The summed E-state index contributed by atoms with van der Waals surface area (Å²) in [4.78, 5) is 12.9. The average molecular weight is 240 g/mol. The zero-order valence-corrected chi connectivity index (χ0v) is 10.1. The molecule has 18 heavy (non-hydrogen) atoms. The number of nitrogen functional groups attached to an aromatic ring is 1. The lowest BCUT2D eigenvalue weighted by atomic mass is 10.1. The van der Waals surface area contributed by atoms with Crippen LogP contribution in [0.25, 0.3) is 21.9 Å². The fourth-order valence-corrected chi connectivity index (χ4v) is 1.95. The highest BCUT2D eigenvalue weighted by molar-refractivity contribution is 5.96. The molecule has 0 aliphatic rings. The van der Waals surface area contributed by atoms with E-state index in [1.807, 2.05) is 24.3 Å². The number of benzene rings is 1. The fourth-order valence-electron chi connectivity index (χ4n) is 1.95. The zero-order chi connectivity index (χ0) is 12.7. The van der Waals surface area contributed by atoms with Crippen LogP contribution in [0.5, 0.6) is 5.75 Å². The number of fused-ring (bicyclic) bond motifs is 2. The number of aryl methyl sites for hydroxylation is 1. The van der Waals surface area contributed by atoms with Gasteiger partial charge in [-0.2, -0.15) is 0 Å². The maximum atomic E-state index is 5.89. The molecular formula is C13H12N4O. The molecule has 0 atom stereocenters. The molecule has 0 amide bonds. The largest absolute Gasteiger partial charge is 0.497 e. The van der Waals surface area contributed by atoms with E-state index in [4.69, 9.17) is 10.5 Å². The van der Waals surface area contributed by atoms with Gasteiger partial charge in [-0.05, 0) is 25.1 Å². The molecule has 0 fully saturated rings. The van der Waals surface area contributed by atoms with Crippen LogP contribution in [-0.4, -0.2) is 22.1 Å². The van der Waals surface area contributed by atoms with Crippen molar-refractivity contribution in [1.82, 2.24) is 15.0 Å². The number of hydrogen-bond donors (Lipinski definition) is 1. The molecule has 0 bridgehead atoms. The number of pyridine rings is 1. The number of ether oxygens (including phenoxy) is 1. The Balaban J connectivity index is 2.39. The third-order valence-corrected chi connectivity index (χ3v) is 2.83. The van der Waals surface area contributed by atoms with Crippen LogP contribution in [-0.2, 0) is 0 Å². The molecule has 3 rings (SSSR count). The van der Waals surface area contributed by atoms with Crippen LogP contribution in [0.3, 0.4) is 0 Å². The van der Waals surface area contributed by atoms with Gasteiger partial charge in [0.25, 0.3) is 0 Å². The van der Waals surface area contributed by atoms with Crippen molar-refractivity contribution < 1.29 is 4.74 Å². The lowest BCUT2D eigenvalue weighted by Crippen LogP contribution is -1.99. The minimum absolute atomic E-state index is 0.461. The van der Waals surface area contributed by atoms with Gasteiger partial charge in [-0.3, -0.25) is 0 Å². The summed E-state index contributed by atoms with van der Waals surface area (Å²) in [5.41, 5.74) is 7.33. The molecule has 3 aromatic rings. The van der Waals surface area contributed by atoms with E-state index >= 15 is 0 Å². The minimum atomic E-state index is 0.461. The van der Waals surface area contributed by atoms with Gasteiger partial charge in [-0.15, -0.1) is 0 Å². The van der Waals surface area contributed by atoms with Gasteiger partial charge in [0.2, 0.25) is 0 Å². The van der Waals surface area contributed by atoms with E-state index in [0.717, 1.165) is 22.0 Å². The maximum absolute atomic E-state index is 5.89. The lowest BCUT2D eigenvalue weighted by molar-refractivity contribution is 0.415. The molecular weight excluding hydrogens is 228 g/mol. The molecule has 0 unspecified atom stereocenters. The predicted octanol–water partition coefficient (Wildman–Crippen LogP) is 2.08. The third-order valence-electron chi connectivity index (χ3n) is 2.83. The van der Waals surface area contributed by atoms with E-state index in [0.29, 0.717) is 17.3 Å². The first kappa shape index (κ1) is 10.7. The summed E-state index contributed by atoms with van der Waals surface area (Å²) < 4.78 is 5.18. The monoisotopic (exact) mass is 240 g/mol. The van der Waals surface area contributed by atoms with E-state index in [2.05, 4.69) is 15.0 Å². The molecule has 2 N–H and O–H groups in total. The van der Waals surface area contributed by atoms with Crippen LogP contribution in [0, 0.1) is 6.92 Å². The summed E-state index contributed by atoms with van der Waals surface area (Å²) in [6, 6.07) is 7.66. The first-order valence-electron chi connectivity index (χ1n) is 5.56. The van der Waals surface area contributed by atoms with Crippen LogP contribution in [0.1, 0.15) is 5.82 Å². The topological polar surface area (TPSA) is 73.9 Å². The average Bonchev–Trinajstić information content (AvgIpc) is 2.36. The number of hydrogen-bond acceptors (Lipinski definition) is 5. The molecule has 0 saturated carbocycles. The normalized spacial score (nSPS) is 11.0. The van der Waals surface area contributed by atoms with Gasteiger partial charge in [-0.25, -0.2) is 15.0 Å². The summed E-state index contributed by atoms with van der Waals surface area (Å²) in [6.07, 6.45) is 0. The molecule has 0 radical (unpaired) electrons. The smallest absolute Gasteiger partial charge is 0.165 e. The Bertz CT molecular complexity index is 755. The Morgan fingerprint density at radius 3 is 2.72 bits per heavy atom. The third kappa shape index (κ3) is 1.60. The summed E-state index contributed by atoms with van der Waals surface area (Å²) >= 11 is 0. The van der Waals surface area contributed by atoms with Crippen LogP contribution >= 0.6 is 0 Å². The van der Waals surface area contributed by atoms with Crippen molar-refractivity contribution in [1.29, 1.82) is 0 Å². The Morgan fingerprint density at radius 2 is 1.94 bits per heavy atom. The molecule has 0 spiro atoms. The Labute approximate surface area is 104 Å². The highest BCUT2D eigenvalue weighted by atomic mass is 16.5. The second-order valence-corrected chi connectivity index (χ2v) is 4.07. The lowest BCUT2D eigenvalue weighted by Gasteiger charge is -2.05. The van der Waals surface area contributed by atoms with Crippen LogP contribution in [0.2, 0.25) is 0 Å². The first-order chi connectivity index (χ1) is 8.67. The molecule has 2 heterocycles. The van der Waals surface area contributed by atoms with E-state index in [1.165, 1.54) is 0 Å². The molecule has 0 aliphatic carbocycles. The zero-order valence-electron chi connectivity index (χ0n) is 10.1. The number of methoxy groups -OCH3 is 1. The summed E-state index contributed by atoms with van der Waals surface area (Å²) in [5.74, 6) is 1.85. The number of aromatic nitrogens is 3. The second kappa shape index (κ2) is 3.80. The molecule has 0 saturated heterocycles. The van der Waals surface area contributed by atoms with Gasteiger partial charge in [0.15, 0.2) is 5.65 Å². The van der Waals surface area contributed by atoms with Gasteiger partial charge < -0.3 is 10.5 Å². The number of nitrogens with two attached hydrogens (primary N) is 1. The molecule has 5 nitrogen and oxygen atoms in total. The van der Waals surface area contributed by atoms with Crippen molar-refractivity contribution in [2.24, 2.45) is 0 Å². The quantitative estimate of drug-likeness (QED) is 0.659. The maximum Gasteiger partial charge on any atom is 0.165 e. The van der Waals surface area contributed by atoms with Gasteiger partial charge in [0.1, 0.15) is 17.4 Å². The van der Waals surface area contributed by atoms with Crippen LogP contribution < -0.4 is 10.5 Å². The van der Waals surface area contributed by atoms with Gasteiger partial charge in [0.05, 0.1) is 18.0 Å². The predicted molar refractivity (Wildman–Crippen MR) is 70.5 cm³/mol. The minimum Gasteiger partial charge on any atom is -0.497 e. The van der Waals surface area contributed by atoms with E-state index in [9.17, 15) is 0 Å². The Kier molecular flexibility index (Phi) is 2.26. The van der Waals surface area contributed by atoms with Crippen molar-refractivity contribution >= 4 is 27.8 Å². The van der Waals surface area contributed by atoms with Crippen LogP contribution in [0.15, 0.2) is 24.3 Å². The number of nitrogens with zero attached hydrogens (tertiary/aromatic N) is 3. The summed E-state index contributed by atoms with van der Waals surface area (Å²) in [6.45, 7) is 1.80. The SMILES string of the molecule is COc1ccc2cc3c(N)nc(C)nc3nc2c1. The molecule has 90 valence electrons. The van der Waals surface area contributed by atoms with Crippen molar-refractivity contribution in [2.75, 3.05) is 12.8 Å². The Hall–Kier alpha value is -2.43. The van der Waals surface area contributed by atoms with Gasteiger partial charge >= 0.3 is 0 Å². The van der Waals surface area contributed by atoms with E-state index in [1.54, 1.807) is 14.0 Å². The fraction of sp³-hybridized carbons (Fsp3) is 0.154. The summed E-state index contributed by atoms with van der Waals surface area (Å²) in [5, 5.41) is 1.76. The molecule has 2 aromatic heterocycles. The van der Waals surface area contributed by atoms with Crippen LogP contribution in [0.4, 0.5) is 5.82 Å². The molecule has 5 heteroatoms. The van der Waals surface area contributed by atoms with Crippen molar-refractivity contribution in [3.05, 3.63) is 30.1 Å². The number of anilines is 1.